The van der Waals surface area contributed by atoms with E-state index in [4.69, 9.17) is 0 Å². The van der Waals surface area contributed by atoms with Crippen LogP contribution in [0.15, 0.2) is 11.6 Å². The summed E-state index contributed by atoms with van der Waals surface area (Å²) in [7, 11) is 0. The number of aliphatic hydroxyl groups is 1. The van der Waals surface area contributed by atoms with Crippen LogP contribution in [0.5, 0.6) is 0 Å². The van der Waals surface area contributed by atoms with Crippen molar-refractivity contribution in [3.05, 3.63) is 17.3 Å². The van der Waals surface area contributed by atoms with Crippen molar-refractivity contribution in [2.24, 2.45) is 0 Å². The van der Waals surface area contributed by atoms with Crippen LogP contribution >= 0.6 is 11.3 Å². The highest BCUT2D eigenvalue weighted by Gasteiger charge is 2.18. The molecular formula is C13H19N3OS. The van der Waals surface area contributed by atoms with Gasteiger partial charge in [0.2, 0.25) is 0 Å². The van der Waals surface area contributed by atoms with Crippen LogP contribution in [-0.4, -0.2) is 27.6 Å². The van der Waals surface area contributed by atoms with Crippen LogP contribution in [-0.2, 0) is 6.61 Å². The molecule has 0 aliphatic carbocycles. The van der Waals surface area contributed by atoms with Gasteiger partial charge in [-0.05, 0) is 12.8 Å². The number of aliphatic hydroxyl groups excluding tert-OH is 1. The number of nitrogens with zero attached hydrogens (tertiary/aromatic N) is 3. The second-order valence-electron chi connectivity index (χ2n) is 4.85. The van der Waals surface area contributed by atoms with E-state index >= 15 is 0 Å². The second kappa shape index (κ2) is 5.28. The Morgan fingerprint density at radius 3 is 2.61 bits per heavy atom. The SMILES string of the molecule is OCc1c(N2CCCCCCC2)nc2sccn12. The van der Waals surface area contributed by atoms with Crippen LogP contribution in [0.4, 0.5) is 5.82 Å². The van der Waals surface area contributed by atoms with Gasteiger partial charge < -0.3 is 10.0 Å². The first-order valence-electron chi connectivity index (χ1n) is 6.70. The molecule has 0 spiro atoms. The predicted octanol–water partition coefficient (Wildman–Crippen LogP) is 2.66. The summed E-state index contributed by atoms with van der Waals surface area (Å²) in [4.78, 5) is 8.02. The van der Waals surface area contributed by atoms with Crippen molar-refractivity contribution in [2.75, 3.05) is 18.0 Å². The van der Waals surface area contributed by atoms with Gasteiger partial charge in [-0.3, -0.25) is 4.40 Å². The number of aromatic nitrogens is 2. The second-order valence-corrected chi connectivity index (χ2v) is 5.72. The third-order valence-corrected chi connectivity index (χ3v) is 4.40. The maximum atomic E-state index is 9.60. The van der Waals surface area contributed by atoms with Crippen molar-refractivity contribution < 1.29 is 5.11 Å². The zero-order valence-corrected chi connectivity index (χ0v) is 11.3. The molecule has 0 unspecified atom stereocenters. The molecule has 18 heavy (non-hydrogen) atoms. The van der Waals surface area contributed by atoms with Gasteiger partial charge in [0.1, 0.15) is 0 Å². The first kappa shape index (κ1) is 12.0. The fourth-order valence-electron chi connectivity index (χ4n) is 2.68. The summed E-state index contributed by atoms with van der Waals surface area (Å²) in [6.45, 7) is 2.19. The zero-order valence-electron chi connectivity index (χ0n) is 10.5. The summed E-state index contributed by atoms with van der Waals surface area (Å²) >= 11 is 1.63. The van der Waals surface area contributed by atoms with Gasteiger partial charge in [-0.25, -0.2) is 4.98 Å². The summed E-state index contributed by atoms with van der Waals surface area (Å²) in [5.74, 6) is 0.992. The van der Waals surface area contributed by atoms with E-state index in [1.165, 1.54) is 32.1 Å². The monoisotopic (exact) mass is 265 g/mol. The van der Waals surface area contributed by atoms with Gasteiger partial charge in [0, 0.05) is 24.7 Å². The van der Waals surface area contributed by atoms with Gasteiger partial charge in [-0.2, -0.15) is 0 Å². The molecule has 4 nitrogen and oxygen atoms in total. The molecule has 2 aromatic rings. The van der Waals surface area contributed by atoms with Crippen molar-refractivity contribution in [2.45, 2.75) is 38.7 Å². The van der Waals surface area contributed by atoms with Crippen LogP contribution in [0, 0.1) is 0 Å². The van der Waals surface area contributed by atoms with E-state index in [1.54, 1.807) is 11.3 Å². The lowest BCUT2D eigenvalue weighted by Gasteiger charge is -2.25. The largest absolute Gasteiger partial charge is 0.390 e. The Morgan fingerprint density at radius 1 is 1.17 bits per heavy atom. The predicted molar refractivity (Wildman–Crippen MR) is 74.3 cm³/mol. The van der Waals surface area contributed by atoms with Gasteiger partial charge in [0.05, 0.1) is 12.3 Å². The third-order valence-electron chi connectivity index (χ3n) is 3.65. The lowest BCUT2D eigenvalue weighted by Crippen LogP contribution is -2.28. The van der Waals surface area contributed by atoms with E-state index in [9.17, 15) is 5.11 Å². The van der Waals surface area contributed by atoms with Crippen molar-refractivity contribution >= 4 is 22.1 Å². The van der Waals surface area contributed by atoms with Crippen LogP contribution in [0.2, 0.25) is 0 Å². The van der Waals surface area contributed by atoms with E-state index in [1.807, 2.05) is 16.0 Å². The topological polar surface area (TPSA) is 40.8 Å². The Labute approximate surface area is 111 Å². The molecule has 0 radical (unpaired) electrons. The Hall–Kier alpha value is -1.07. The molecular weight excluding hydrogens is 246 g/mol. The lowest BCUT2D eigenvalue weighted by atomic mass is 10.1. The van der Waals surface area contributed by atoms with Crippen LogP contribution in [0.1, 0.15) is 37.8 Å². The summed E-state index contributed by atoms with van der Waals surface area (Å²) in [5.41, 5.74) is 0.937. The molecule has 98 valence electrons. The Balaban J connectivity index is 1.93. The molecule has 3 heterocycles. The van der Waals surface area contributed by atoms with E-state index < -0.39 is 0 Å². The average Bonchev–Trinajstić information content (AvgIpc) is 2.88. The summed E-state index contributed by atoms with van der Waals surface area (Å²) < 4.78 is 2.01. The number of fused-ring (bicyclic) bond motifs is 1. The standard InChI is InChI=1S/C13H19N3OS/c17-10-11-12(14-13-16(11)8-9-18-13)15-6-4-2-1-3-5-7-15/h8-9,17H,1-7,10H2. The molecule has 1 aliphatic heterocycles. The first-order chi connectivity index (χ1) is 8.90. The maximum absolute atomic E-state index is 9.60. The molecule has 0 atom stereocenters. The van der Waals surface area contributed by atoms with Crippen molar-refractivity contribution in [1.29, 1.82) is 0 Å². The number of hydrogen-bond acceptors (Lipinski definition) is 4. The van der Waals surface area contributed by atoms with Crippen LogP contribution < -0.4 is 4.90 Å². The van der Waals surface area contributed by atoms with Gasteiger partial charge in [0.25, 0.3) is 0 Å². The molecule has 0 bridgehead atoms. The summed E-state index contributed by atoms with van der Waals surface area (Å²) in [6, 6.07) is 0. The Kier molecular flexibility index (Phi) is 3.52. The fourth-order valence-corrected chi connectivity index (χ4v) is 3.41. The number of imidazole rings is 1. The molecule has 3 rings (SSSR count). The Bertz CT molecular complexity index is 511. The number of thiazole rings is 1. The molecule has 1 fully saturated rings. The molecule has 0 aromatic carbocycles. The molecule has 1 aliphatic rings. The minimum atomic E-state index is 0.0593. The zero-order chi connectivity index (χ0) is 12.4. The molecule has 0 amide bonds. The third kappa shape index (κ3) is 2.12. The van der Waals surface area contributed by atoms with E-state index in [0.717, 1.165) is 29.6 Å². The molecule has 0 saturated carbocycles. The average molecular weight is 265 g/mol. The highest BCUT2D eigenvalue weighted by molar-refractivity contribution is 7.15. The van der Waals surface area contributed by atoms with Crippen molar-refractivity contribution in [3.63, 3.8) is 0 Å². The highest BCUT2D eigenvalue weighted by atomic mass is 32.1. The van der Waals surface area contributed by atoms with Crippen molar-refractivity contribution in [1.82, 2.24) is 9.38 Å². The minimum absolute atomic E-state index is 0.0593. The van der Waals surface area contributed by atoms with Gasteiger partial charge in [-0.15, -0.1) is 11.3 Å². The molecule has 1 N–H and O–H groups in total. The number of hydrogen-bond donors (Lipinski definition) is 1. The fraction of sp³-hybridized carbons (Fsp3) is 0.615. The minimum Gasteiger partial charge on any atom is -0.390 e. The summed E-state index contributed by atoms with van der Waals surface area (Å²) in [5, 5.41) is 11.6. The van der Waals surface area contributed by atoms with Crippen LogP contribution in [0.3, 0.4) is 0 Å². The van der Waals surface area contributed by atoms with Crippen molar-refractivity contribution in [3.8, 4) is 0 Å². The van der Waals surface area contributed by atoms with Gasteiger partial charge in [-0.1, -0.05) is 19.3 Å². The number of rotatable bonds is 2. The lowest BCUT2D eigenvalue weighted by molar-refractivity contribution is 0.276. The van der Waals surface area contributed by atoms with E-state index in [-0.39, 0.29) is 6.61 Å². The smallest absolute Gasteiger partial charge is 0.195 e. The summed E-state index contributed by atoms with van der Waals surface area (Å²) in [6.07, 6.45) is 8.44. The molecule has 5 heteroatoms. The number of anilines is 1. The molecule has 2 aromatic heterocycles. The normalized spacial score (nSPS) is 17.9. The van der Waals surface area contributed by atoms with Crippen LogP contribution in [0.25, 0.3) is 4.96 Å². The van der Waals surface area contributed by atoms with Gasteiger partial charge >= 0.3 is 0 Å². The maximum Gasteiger partial charge on any atom is 0.195 e. The highest BCUT2D eigenvalue weighted by Crippen LogP contribution is 2.26. The van der Waals surface area contributed by atoms with Gasteiger partial charge in [0.15, 0.2) is 10.8 Å². The molecule has 1 saturated heterocycles. The van der Waals surface area contributed by atoms with E-state index in [2.05, 4.69) is 9.88 Å². The Morgan fingerprint density at radius 2 is 1.89 bits per heavy atom. The van der Waals surface area contributed by atoms with E-state index in [0.29, 0.717) is 0 Å². The quantitative estimate of drug-likeness (QED) is 0.907. The first-order valence-corrected chi connectivity index (χ1v) is 7.58.